The maximum absolute atomic E-state index is 12.1. The van der Waals surface area contributed by atoms with Gasteiger partial charge in [0.05, 0.1) is 4.90 Å². The molecule has 0 radical (unpaired) electrons. The molecule has 118 valence electrons. The van der Waals surface area contributed by atoms with Gasteiger partial charge in [-0.3, -0.25) is 0 Å². The summed E-state index contributed by atoms with van der Waals surface area (Å²) >= 11 is 0. The van der Waals surface area contributed by atoms with Crippen molar-refractivity contribution >= 4 is 15.7 Å². The van der Waals surface area contributed by atoms with Crippen molar-refractivity contribution in [3.8, 4) is 0 Å². The van der Waals surface area contributed by atoms with Crippen LogP contribution in [0.15, 0.2) is 29.2 Å². The van der Waals surface area contributed by atoms with Gasteiger partial charge in [0.25, 0.3) is 0 Å². The van der Waals surface area contributed by atoms with Gasteiger partial charge in [-0.15, -0.1) is 0 Å². The summed E-state index contributed by atoms with van der Waals surface area (Å²) in [6, 6.07) is 6.88. The van der Waals surface area contributed by atoms with Gasteiger partial charge in [0.1, 0.15) is 0 Å². The smallest absolute Gasteiger partial charge is 0.240 e. The topological polar surface area (TPSA) is 78.4 Å². The van der Waals surface area contributed by atoms with E-state index in [1.807, 2.05) is 6.92 Å². The first kappa shape index (κ1) is 16.3. The lowest BCUT2D eigenvalue weighted by atomic mass is 9.94. The molecule has 1 unspecified atom stereocenters. The van der Waals surface area contributed by atoms with E-state index in [0.717, 1.165) is 24.9 Å². The predicted molar refractivity (Wildman–Crippen MR) is 83.8 cm³/mol. The number of benzene rings is 1. The fraction of sp³-hybridized carbons (Fsp3) is 0.600. The molecule has 0 aromatic heterocycles. The third-order valence-electron chi connectivity index (χ3n) is 3.95. The van der Waals surface area contributed by atoms with Gasteiger partial charge in [-0.05, 0) is 56.9 Å². The molecule has 1 saturated carbocycles. The lowest BCUT2D eigenvalue weighted by Crippen LogP contribution is -2.35. The molecule has 1 aliphatic carbocycles. The number of hydrogen-bond donors (Lipinski definition) is 3. The Balaban J connectivity index is 2.07. The summed E-state index contributed by atoms with van der Waals surface area (Å²) in [7, 11) is -3.39. The number of aliphatic hydroxyl groups is 1. The molecule has 21 heavy (non-hydrogen) atoms. The normalized spacial score (nSPS) is 18.2. The van der Waals surface area contributed by atoms with Crippen molar-refractivity contribution in [3.63, 3.8) is 0 Å². The molecule has 0 heterocycles. The highest BCUT2D eigenvalue weighted by Gasteiger charge is 2.28. The molecule has 1 aromatic rings. The summed E-state index contributed by atoms with van der Waals surface area (Å²) in [4.78, 5) is 0.292. The van der Waals surface area contributed by atoms with E-state index in [-0.39, 0.29) is 18.2 Å². The quantitative estimate of drug-likeness (QED) is 0.687. The van der Waals surface area contributed by atoms with Crippen LogP contribution in [0.2, 0.25) is 0 Å². The monoisotopic (exact) mass is 312 g/mol. The Hall–Kier alpha value is -1.11. The maximum Gasteiger partial charge on any atom is 0.240 e. The van der Waals surface area contributed by atoms with Gasteiger partial charge in [-0.25, -0.2) is 13.1 Å². The number of sulfonamides is 1. The van der Waals surface area contributed by atoms with Crippen molar-refractivity contribution in [2.24, 2.45) is 0 Å². The van der Waals surface area contributed by atoms with Gasteiger partial charge in [0, 0.05) is 23.9 Å². The SMILES string of the molecule is CCC(C)(CCO)Nc1ccc(S(=O)(=O)NC2CC2)cc1. The molecular formula is C15H24N2O3S. The van der Waals surface area contributed by atoms with Gasteiger partial charge in [0.15, 0.2) is 0 Å². The zero-order chi connectivity index (χ0) is 15.5. The molecule has 1 aliphatic rings. The van der Waals surface area contributed by atoms with Gasteiger partial charge in [0.2, 0.25) is 10.0 Å². The molecule has 0 amide bonds. The van der Waals surface area contributed by atoms with E-state index in [1.165, 1.54) is 0 Å². The Kier molecular flexibility index (Phi) is 4.91. The van der Waals surface area contributed by atoms with Crippen LogP contribution in [0.1, 0.15) is 39.5 Å². The van der Waals surface area contributed by atoms with Gasteiger partial charge in [-0.2, -0.15) is 0 Å². The Bertz CT molecular complexity index is 567. The average molecular weight is 312 g/mol. The number of hydrogen-bond acceptors (Lipinski definition) is 4. The summed E-state index contributed by atoms with van der Waals surface area (Å²) in [6.45, 7) is 4.22. The molecule has 0 spiro atoms. The van der Waals surface area contributed by atoms with Crippen molar-refractivity contribution in [1.82, 2.24) is 4.72 Å². The van der Waals surface area contributed by atoms with Crippen LogP contribution in [0.4, 0.5) is 5.69 Å². The second kappa shape index (κ2) is 6.34. The van der Waals surface area contributed by atoms with Crippen molar-refractivity contribution in [2.45, 2.75) is 56.0 Å². The van der Waals surface area contributed by atoms with E-state index in [2.05, 4.69) is 17.0 Å². The second-order valence-electron chi connectivity index (χ2n) is 5.93. The van der Waals surface area contributed by atoms with Gasteiger partial charge in [-0.1, -0.05) is 6.92 Å². The highest BCUT2D eigenvalue weighted by Crippen LogP contribution is 2.25. The summed E-state index contributed by atoms with van der Waals surface area (Å²) in [5.41, 5.74) is 0.666. The van der Waals surface area contributed by atoms with E-state index < -0.39 is 10.0 Å². The molecule has 0 bridgehead atoms. The van der Waals surface area contributed by atoms with Gasteiger partial charge >= 0.3 is 0 Å². The molecular weight excluding hydrogens is 288 g/mol. The lowest BCUT2D eigenvalue weighted by molar-refractivity contribution is 0.252. The first-order valence-electron chi connectivity index (χ1n) is 7.40. The van der Waals surface area contributed by atoms with Crippen LogP contribution in [0.3, 0.4) is 0 Å². The predicted octanol–water partition coefficient (Wildman–Crippen LogP) is 2.09. The third-order valence-corrected chi connectivity index (χ3v) is 5.49. The Morgan fingerprint density at radius 2 is 1.90 bits per heavy atom. The van der Waals surface area contributed by atoms with E-state index >= 15 is 0 Å². The molecule has 3 N–H and O–H groups in total. The fourth-order valence-corrected chi connectivity index (χ4v) is 3.43. The first-order valence-corrected chi connectivity index (χ1v) is 8.88. The minimum absolute atomic E-state index is 0.112. The first-order chi connectivity index (χ1) is 9.88. The van der Waals surface area contributed by atoms with E-state index in [1.54, 1.807) is 24.3 Å². The van der Waals surface area contributed by atoms with Crippen LogP contribution >= 0.6 is 0 Å². The third kappa shape index (κ3) is 4.43. The standard InChI is InChI=1S/C15H24N2O3S/c1-3-15(2,10-11-18)16-12-6-8-14(9-7-12)21(19,20)17-13-4-5-13/h6-9,13,16-18H,3-5,10-11H2,1-2H3. The minimum atomic E-state index is -3.39. The Labute approximate surface area is 126 Å². The van der Waals surface area contributed by atoms with Crippen LogP contribution < -0.4 is 10.0 Å². The van der Waals surface area contributed by atoms with Crippen molar-refractivity contribution < 1.29 is 13.5 Å². The zero-order valence-corrected chi connectivity index (χ0v) is 13.4. The molecule has 0 aliphatic heterocycles. The van der Waals surface area contributed by atoms with Crippen molar-refractivity contribution in [2.75, 3.05) is 11.9 Å². The van der Waals surface area contributed by atoms with Crippen molar-refractivity contribution in [3.05, 3.63) is 24.3 Å². The van der Waals surface area contributed by atoms with E-state index in [0.29, 0.717) is 11.3 Å². The maximum atomic E-state index is 12.1. The molecule has 1 aromatic carbocycles. The van der Waals surface area contributed by atoms with E-state index in [9.17, 15) is 8.42 Å². The molecule has 6 heteroatoms. The number of aliphatic hydroxyl groups excluding tert-OH is 1. The molecule has 2 rings (SSSR count). The van der Waals surface area contributed by atoms with Gasteiger partial charge < -0.3 is 10.4 Å². The van der Waals surface area contributed by atoms with Crippen LogP contribution in [-0.2, 0) is 10.0 Å². The molecule has 5 nitrogen and oxygen atoms in total. The second-order valence-corrected chi connectivity index (χ2v) is 7.65. The fourth-order valence-electron chi connectivity index (χ4n) is 2.13. The number of nitrogens with one attached hydrogen (secondary N) is 2. The molecule has 1 atom stereocenters. The van der Waals surface area contributed by atoms with Crippen LogP contribution in [0.25, 0.3) is 0 Å². The molecule has 0 saturated heterocycles. The number of anilines is 1. The Morgan fingerprint density at radius 3 is 2.38 bits per heavy atom. The van der Waals surface area contributed by atoms with Crippen LogP contribution in [0.5, 0.6) is 0 Å². The summed E-state index contributed by atoms with van der Waals surface area (Å²) in [5.74, 6) is 0. The lowest BCUT2D eigenvalue weighted by Gasteiger charge is -2.30. The molecule has 1 fully saturated rings. The summed E-state index contributed by atoms with van der Waals surface area (Å²) < 4.78 is 26.8. The summed E-state index contributed by atoms with van der Waals surface area (Å²) in [6.07, 6.45) is 3.37. The average Bonchev–Trinajstić information content (AvgIpc) is 3.23. The van der Waals surface area contributed by atoms with Crippen molar-refractivity contribution in [1.29, 1.82) is 0 Å². The van der Waals surface area contributed by atoms with E-state index in [4.69, 9.17) is 5.11 Å². The summed E-state index contributed by atoms with van der Waals surface area (Å²) in [5, 5.41) is 12.5. The largest absolute Gasteiger partial charge is 0.396 e. The highest BCUT2D eigenvalue weighted by molar-refractivity contribution is 7.89. The Morgan fingerprint density at radius 1 is 1.29 bits per heavy atom. The number of rotatable bonds is 8. The zero-order valence-electron chi connectivity index (χ0n) is 12.6. The minimum Gasteiger partial charge on any atom is -0.396 e. The highest BCUT2D eigenvalue weighted by atomic mass is 32.2. The van der Waals surface area contributed by atoms with Crippen LogP contribution in [0, 0.1) is 0 Å². The van der Waals surface area contributed by atoms with Crippen LogP contribution in [-0.4, -0.2) is 31.7 Å².